The topological polar surface area (TPSA) is 98.7 Å². The first kappa shape index (κ1) is 20.6. The maximum absolute atomic E-state index is 11.8. The minimum atomic E-state index is -1.41. The Morgan fingerprint density at radius 1 is 1.07 bits per heavy atom. The van der Waals surface area contributed by atoms with Gasteiger partial charge in [-0.2, -0.15) is 0 Å². The molecule has 1 aliphatic rings. The first-order chi connectivity index (χ1) is 13.1. The van der Waals surface area contributed by atoms with E-state index in [1.54, 1.807) is 30.3 Å². The number of carboxylic acid groups (broad SMARTS) is 1. The summed E-state index contributed by atoms with van der Waals surface area (Å²) in [4.78, 5) is 22.0. The molecule has 27 heavy (non-hydrogen) atoms. The molecule has 1 saturated heterocycles. The van der Waals surface area contributed by atoms with E-state index in [1.165, 1.54) is 12.8 Å². The van der Waals surface area contributed by atoms with Crippen LogP contribution in [0.3, 0.4) is 0 Å². The molecule has 1 heterocycles. The number of carboxylic acids is 1. The molecule has 0 aliphatic carbocycles. The molecule has 0 aromatic heterocycles. The molecule has 1 aliphatic heterocycles. The molecule has 6 heteroatoms. The second-order valence-corrected chi connectivity index (χ2v) is 6.44. The smallest absolute Gasteiger partial charge is 0.337 e. The first-order valence-electron chi connectivity index (χ1n) is 9.07. The fourth-order valence-corrected chi connectivity index (χ4v) is 2.80. The van der Waals surface area contributed by atoms with Gasteiger partial charge in [0.05, 0.1) is 0 Å². The van der Waals surface area contributed by atoms with E-state index < -0.39 is 12.1 Å². The van der Waals surface area contributed by atoms with E-state index in [1.807, 2.05) is 30.3 Å². The van der Waals surface area contributed by atoms with Crippen molar-refractivity contribution in [2.75, 3.05) is 19.6 Å². The summed E-state index contributed by atoms with van der Waals surface area (Å²) in [6, 6.07) is 17.6. The quantitative estimate of drug-likeness (QED) is 0.647. The van der Waals surface area contributed by atoms with Crippen molar-refractivity contribution in [3.63, 3.8) is 0 Å². The van der Waals surface area contributed by atoms with E-state index in [0.717, 1.165) is 25.2 Å². The Hall–Kier alpha value is -2.70. The fourth-order valence-electron chi connectivity index (χ4n) is 2.80. The molecule has 2 atom stereocenters. The lowest BCUT2D eigenvalue weighted by atomic mass is 10.00. The lowest BCUT2D eigenvalue weighted by molar-refractivity contribution is -0.146. The van der Waals surface area contributed by atoms with E-state index in [-0.39, 0.29) is 5.91 Å². The number of aliphatic hydroxyl groups is 1. The Bertz CT molecular complexity index is 701. The molecular formula is C21H26N2O4. The summed E-state index contributed by atoms with van der Waals surface area (Å²) in [5, 5.41) is 23.7. The van der Waals surface area contributed by atoms with Crippen LogP contribution in [-0.4, -0.2) is 41.7 Å². The largest absolute Gasteiger partial charge is 0.479 e. The van der Waals surface area contributed by atoms with E-state index in [9.17, 15) is 9.59 Å². The minimum Gasteiger partial charge on any atom is -0.479 e. The molecule has 1 unspecified atom stereocenters. The zero-order chi connectivity index (χ0) is 19.5. The molecule has 0 bridgehead atoms. The molecule has 0 saturated carbocycles. The van der Waals surface area contributed by atoms with Crippen molar-refractivity contribution >= 4 is 11.9 Å². The molecule has 2 aromatic carbocycles. The molecule has 1 amide bonds. The van der Waals surface area contributed by atoms with Crippen molar-refractivity contribution in [2.24, 2.45) is 5.92 Å². The summed E-state index contributed by atoms with van der Waals surface area (Å²) in [5.41, 5.74) is 1.14. The predicted molar refractivity (Wildman–Crippen MR) is 103 cm³/mol. The highest BCUT2D eigenvalue weighted by Crippen LogP contribution is 2.11. The van der Waals surface area contributed by atoms with E-state index in [2.05, 4.69) is 10.6 Å². The molecule has 0 radical (unpaired) electrons. The number of carbonyl (C=O) groups excluding carboxylic acids is 1. The monoisotopic (exact) mass is 370 g/mol. The minimum absolute atomic E-state index is 0.0335. The van der Waals surface area contributed by atoms with Gasteiger partial charge in [-0.15, -0.1) is 0 Å². The Labute approximate surface area is 159 Å². The van der Waals surface area contributed by atoms with E-state index >= 15 is 0 Å². The number of hydrogen-bond acceptors (Lipinski definition) is 4. The number of carbonyl (C=O) groups is 2. The van der Waals surface area contributed by atoms with Crippen molar-refractivity contribution in [2.45, 2.75) is 18.9 Å². The van der Waals surface area contributed by atoms with Crippen LogP contribution >= 0.6 is 0 Å². The number of piperidine rings is 1. The SMILES string of the molecule is O=C(NC[C@@H]1CCCNC1)c1ccccc1.O=C(O)C(O)c1ccccc1. The third kappa shape index (κ3) is 7.21. The molecule has 3 rings (SSSR count). The molecule has 1 fully saturated rings. The summed E-state index contributed by atoms with van der Waals surface area (Å²) in [6.45, 7) is 2.92. The zero-order valence-corrected chi connectivity index (χ0v) is 15.2. The van der Waals surface area contributed by atoms with Crippen molar-refractivity contribution in [3.8, 4) is 0 Å². The van der Waals surface area contributed by atoms with Gasteiger partial charge in [-0.1, -0.05) is 48.5 Å². The van der Waals surface area contributed by atoms with Crippen LogP contribution in [0.2, 0.25) is 0 Å². The summed E-state index contributed by atoms with van der Waals surface area (Å²) < 4.78 is 0. The molecule has 2 aromatic rings. The number of benzene rings is 2. The number of aliphatic carboxylic acids is 1. The number of nitrogens with one attached hydrogen (secondary N) is 2. The second-order valence-electron chi connectivity index (χ2n) is 6.44. The predicted octanol–water partition coefficient (Wildman–Crippen LogP) is 2.22. The second kappa shape index (κ2) is 11.1. The Balaban J connectivity index is 0.000000208. The molecule has 6 nitrogen and oxygen atoms in total. The van der Waals surface area contributed by atoms with Gasteiger partial charge in [0.25, 0.3) is 5.91 Å². The van der Waals surface area contributed by atoms with Crippen LogP contribution in [0.25, 0.3) is 0 Å². The first-order valence-corrected chi connectivity index (χ1v) is 9.07. The summed E-state index contributed by atoms with van der Waals surface area (Å²) in [6.07, 6.45) is 1.02. The Kier molecular flexibility index (Phi) is 8.48. The van der Waals surface area contributed by atoms with Gasteiger partial charge in [0, 0.05) is 12.1 Å². The van der Waals surface area contributed by atoms with Crippen LogP contribution in [-0.2, 0) is 4.79 Å². The van der Waals surface area contributed by atoms with Crippen LogP contribution in [0.5, 0.6) is 0 Å². The van der Waals surface area contributed by atoms with E-state index in [0.29, 0.717) is 11.5 Å². The van der Waals surface area contributed by atoms with Crippen LogP contribution in [0.15, 0.2) is 60.7 Å². The molecule has 144 valence electrons. The van der Waals surface area contributed by atoms with Gasteiger partial charge in [0.15, 0.2) is 6.10 Å². The highest BCUT2D eigenvalue weighted by atomic mass is 16.4. The van der Waals surface area contributed by atoms with Crippen LogP contribution in [0.4, 0.5) is 0 Å². The van der Waals surface area contributed by atoms with Crippen molar-refractivity contribution in [1.82, 2.24) is 10.6 Å². The van der Waals surface area contributed by atoms with Gasteiger partial charge in [-0.25, -0.2) is 4.79 Å². The maximum Gasteiger partial charge on any atom is 0.337 e. The third-order valence-corrected chi connectivity index (χ3v) is 4.34. The van der Waals surface area contributed by atoms with Gasteiger partial charge in [-0.3, -0.25) is 4.79 Å². The van der Waals surface area contributed by atoms with Gasteiger partial charge < -0.3 is 20.8 Å². The number of amides is 1. The van der Waals surface area contributed by atoms with E-state index in [4.69, 9.17) is 10.2 Å². The lowest BCUT2D eigenvalue weighted by Crippen LogP contribution is -2.38. The van der Waals surface area contributed by atoms with Gasteiger partial charge in [-0.05, 0) is 49.5 Å². The average molecular weight is 370 g/mol. The lowest BCUT2D eigenvalue weighted by Gasteiger charge is -2.22. The van der Waals surface area contributed by atoms with Crippen LogP contribution in [0, 0.1) is 5.92 Å². The van der Waals surface area contributed by atoms with Gasteiger partial charge >= 0.3 is 5.97 Å². The van der Waals surface area contributed by atoms with Crippen molar-refractivity contribution < 1.29 is 19.8 Å². The van der Waals surface area contributed by atoms with Crippen molar-refractivity contribution in [1.29, 1.82) is 0 Å². The number of aliphatic hydroxyl groups excluding tert-OH is 1. The number of rotatable bonds is 5. The molecular weight excluding hydrogens is 344 g/mol. The standard InChI is InChI=1S/C13H18N2O.C8H8O3/c16-13(12-6-2-1-3-7-12)15-10-11-5-4-8-14-9-11;9-7(8(10)11)6-4-2-1-3-5-6/h1-3,6-7,11,14H,4-5,8-10H2,(H,15,16);1-5,7,9H,(H,10,11)/t11-;/m1./s1. The Morgan fingerprint density at radius 3 is 2.26 bits per heavy atom. The molecule has 0 spiro atoms. The van der Waals surface area contributed by atoms with Crippen molar-refractivity contribution in [3.05, 3.63) is 71.8 Å². The van der Waals surface area contributed by atoms with Gasteiger partial charge in [0.2, 0.25) is 0 Å². The molecule has 4 N–H and O–H groups in total. The maximum atomic E-state index is 11.8. The Morgan fingerprint density at radius 2 is 1.70 bits per heavy atom. The highest BCUT2D eigenvalue weighted by Gasteiger charge is 2.14. The van der Waals surface area contributed by atoms with Gasteiger partial charge in [0.1, 0.15) is 0 Å². The summed E-state index contributed by atoms with van der Waals surface area (Å²) in [7, 11) is 0. The number of hydrogen-bond donors (Lipinski definition) is 4. The zero-order valence-electron chi connectivity index (χ0n) is 15.2. The fraction of sp³-hybridized carbons (Fsp3) is 0.333. The van der Waals surface area contributed by atoms with Crippen LogP contribution in [0.1, 0.15) is 34.9 Å². The third-order valence-electron chi connectivity index (χ3n) is 4.34. The highest BCUT2D eigenvalue weighted by molar-refractivity contribution is 5.94. The van der Waals surface area contributed by atoms with Crippen LogP contribution < -0.4 is 10.6 Å². The normalized spacial score (nSPS) is 17.1. The average Bonchev–Trinajstić information content (AvgIpc) is 2.74. The summed E-state index contributed by atoms with van der Waals surface area (Å²) in [5.74, 6) is -0.608. The summed E-state index contributed by atoms with van der Waals surface area (Å²) >= 11 is 0.